The molecular formula is C10H9NO5. The van der Waals surface area contributed by atoms with Crippen molar-refractivity contribution in [3.05, 3.63) is 39.9 Å². The van der Waals surface area contributed by atoms with E-state index < -0.39 is 22.6 Å². The Kier molecular flexibility index (Phi) is 2.16. The zero-order chi connectivity index (χ0) is 11.9. The number of non-ortho nitro benzene ring substituents is 1. The summed E-state index contributed by atoms with van der Waals surface area (Å²) in [7, 11) is 0. The van der Waals surface area contributed by atoms with Crippen LogP contribution in [0.15, 0.2) is 24.3 Å². The summed E-state index contributed by atoms with van der Waals surface area (Å²) in [6.07, 6.45) is -0.607. The predicted octanol–water partition coefficient (Wildman–Crippen LogP) is 1.51. The van der Waals surface area contributed by atoms with Crippen molar-refractivity contribution in [1.82, 2.24) is 0 Å². The van der Waals surface area contributed by atoms with E-state index in [1.807, 2.05) is 0 Å². The van der Waals surface area contributed by atoms with Gasteiger partial charge < -0.3 is 9.84 Å². The van der Waals surface area contributed by atoms with Crippen LogP contribution in [-0.2, 0) is 9.53 Å². The first-order valence-corrected chi connectivity index (χ1v) is 4.61. The molecule has 0 amide bonds. The molecule has 0 radical (unpaired) electrons. The summed E-state index contributed by atoms with van der Waals surface area (Å²) in [6.45, 7) is 1.44. The van der Waals surface area contributed by atoms with E-state index in [1.165, 1.54) is 25.1 Å². The van der Waals surface area contributed by atoms with Crippen molar-refractivity contribution in [2.45, 2.75) is 18.6 Å². The molecule has 2 atom stereocenters. The summed E-state index contributed by atoms with van der Waals surface area (Å²) in [5, 5.41) is 19.4. The Labute approximate surface area is 90.6 Å². The maximum atomic E-state index is 10.8. The first-order chi connectivity index (χ1) is 7.45. The van der Waals surface area contributed by atoms with Gasteiger partial charge in [0, 0.05) is 12.1 Å². The monoisotopic (exact) mass is 223 g/mol. The highest BCUT2D eigenvalue weighted by atomic mass is 16.6. The van der Waals surface area contributed by atoms with E-state index in [0.29, 0.717) is 5.56 Å². The van der Waals surface area contributed by atoms with Crippen molar-refractivity contribution in [2.24, 2.45) is 0 Å². The quantitative estimate of drug-likeness (QED) is 0.476. The summed E-state index contributed by atoms with van der Waals surface area (Å²) in [4.78, 5) is 20.8. The van der Waals surface area contributed by atoms with Gasteiger partial charge in [-0.2, -0.15) is 0 Å². The lowest BCUT2D eigenvalue weighted by molar-refractivity contribution is -0.384. The number of ether oxygens (including phenoxy) is 1. The number of benzene rings is 1. The molecule has 0 aliphatic carbocycles. The molecule has 0 saturated carbocycles. The van der Waals surface area contributed by atoms with E-state index >= 15 is 0 Å². The SMILES string of the molecule is C[C@]1(C(=O)O)O[C@@H]1c1cccc([N+](=O)[O-])c1. The zero-order valence-corrected chi connectivity index (χ0v) is 8.41. The first kappa shape index (κ1) is 10.6. The van der Waals surface area contributed by atoms with Crippen molar-refractivity contribution in [3.8, 4) is 0 Å². The summed E-state index contributed by atoms with van der Waals surface area (Å²) in [6, 6.07) is 5.81. The largest absolute Gasteiger partial charge is 0.479 e. The number of nitro benzene ring substituents is 1. The molecule has 1 saturated heterocycles. The third-order valence-corrected chi connectivity index (χ3v) is 2.61. The molecule has 1 aliphatic rings. The van der Waals surface area contributed by atoms with E-state index in [9.17, 15) is 14.9 Å². The molecule has 0 aromatic heterocycles. The van der Waals surface area contributed by atoms with Gasteiger partial charge in [0.2, 0.25) is 0 Å². The van der Waals surface area contributed by atoms with Crippen LogP contribution in [-0.4, -0.2) is 21.6 Å². The summed E-state index contributed by atoms with van der Waals surface area (Å²) < 4.78 is 5.06. The molecule has 16 heavy (non-hydrogen) atoms. The topological polar surface area (TPSA) is 93.0 Å². The lowest BCUT2D eigenvalue weighted by atomic mass is 10.0. The Morgan fingerprint density at radius 3 is 2.81 bits per heavy atom. The molecule has 1 fully saturated rings. The normalized spacial score (nSPS) is 27.4. The molecule has 2 rings (SSSR count). The molecule has 0 unspecified atom stereocenters. The second-order valence-electron chi connectivity index (χ2n) is 3.76. The van der Waals surface area contributed by atoms with Gasteiger partial charge in [-0.15, -0.1) is 0 Å². The molecule has 1 heterocycles. The molecule has 1 aromatic carbocycles. The molecule has 84 valence electrons. The van der Waals surface area contributed by atoms with Crippen LogP contribution in [0.5, 0.6) is 0 Å². The number of hydrogen-bond donors (Lipinski definition) is 1. The van der Waals surface area contributed by atoms with Gasteiger partial charge in [-0.25, -0.2) is 4.79 Å². The van der Waals surface area contributed by atoms with Crippen LogP contribution in [0, 0.1) is 10.1 Å². The van der Waals surface area contributed by atoms with Crippen molar-refractivity contribution in [3.63, 3.8) is 0 Å². The maximum Gasteiger partial charge on any atom is 0.338 e. The predicted molar refractivity (Wildman–Crippen MR) is 53.0 cm³/mol. The van der Waals surface area contributed by atoms with Crippen LogP contribution in [0.3, 0.4) is 0 Å². The van der Waals surface area contributed by atoms with Gasteiger partial charge in [0.25, 0.3) is 5.69 Å². The third-order valence-electron chi connectivity index (χ3n) is 2.61. The van der Waals surface area contributed by atoms with E-state index in [2.05, 4.69) is 0 Å². The van der Waals surface area contributed by atoms with Crippen LogP contribution < -0.4 is 0 Å². The van der Waals surface area contributed by atoms with Crippen LogP contribution in [0.4, 0.5) is 5.69 Å². The fourth-order valence-corrected chi connectivity index (χ4v) is 1.56. The van der Waals surface area contributed by atoms with Crippen molar-refractivity contribution < 1.29 is 19.6 Å². The standard InChI is InChI=1S/C10H9NO5/c1-10(9(12)13)8(16-10)6-3-2-4-7(5-6)11(14)15/h2-5,8H,1H3,(H,12,13)/t8-,10+/m1/s1. The van der Waals surface area contributed by atoms with Crippen LogP contribution in [0.1, 0.15) is 18.6 Å². The Hall–Kier alpha value is -1.95. The highest BCUT2D eigenvalue weighted by Crippen LogP contribution is 2.49. The van der Waals surface area contributed by atoms with E-state index in [0.717, 1.165) is 0 Å². The minimum Gasteiger partial charge on any atom is -0.479 e. The van der Waals surface area contributed by atoms with Gasteiger partial charge in [0.15, 0.2) is 5.60 Å². The second-order valence-corrected chi connectivity index (χ2v) is 3.76. The van der Waals surface area contributed by atoms with Crippen LogP contribution in [0.2, 0.25) is 0 Å². The fraction of sp³-hybridized carbons (Fsp3) is 0.300. The number of carboxylic acid groups (broad SMARTS) is 1. The average Bonchev–Trinajstić information content (AvgIpc) is 2.93. The van der Waals surface area contributed by atoms with E-state index in [-0.39, 0.29) is 5.69 Å². The number of epoxide rings is 1. The average molecular weight is 223 g/mol. The first-order valence-electron chi connectivity index (χ1n) is 4.61. The van der Waals surface area contributed by atoms with Crippen LogP contribution >= 0.6 is 0 Å². The molecular weight excluding hydrogens is 214 g/mol. The van der Waals surface area contributed by atoms with Gasteiger partial charge in [0.05, 0.1) is 4.92 Å². The van der Waals surface area contributed by atoms with Gasteiger partial charge in [0.1, 0.15) is 6.10 Å². The molecule has 6 nitrogen and oxygen atoms in total. The number of nitro groups is 1. The minimum absolute atomic E-state index is 0.0688. The second kappa shape index (κ2) is 3.28. The molecule has 6 heteroatoms. The number of hydrogen-bond acceptors (Lipinski definition) is 4. The molecule has 1 N–H and O–H groups in total. The summed E-state index contributed by atoms with van der Waals surface area (Å²) >= 11 is 0. The van der Waals surface area contributed by atoms with Crippen molar-refractivity contribution >= 4 is 11.7 Å². The number of rotatable bonds is 3. The van der Waals surface area contributed by atoms with Gasteiger partial charge >= 0.3 is 5.97 Å². The molecule has 1 aliphatic heterocycles. The highest BCUT2D eigenvalue weighted by molar-refractivity contribution is 5.81. The lowest BCUT2D eigenvalue weighted by Crippen LogP contribution is -2.20. The van der Waals surface area contributed by atoms with Gasteiger partial charge in [-0.05, 0) is 12.5 Å². The zero-order valence-electron chi connectivity index (χ0n) is 8.41. The Balaban J connectivity index is 2.28. The van der Waals surface area contributed by atoms with Crippen molar-refractivity contribution in [1.29, 1.82) is 0 Å². The highest BCUT2D eigenvalue weighted by Gasteiger charge is 2.60. The van der Waals surface area contributed by atoms with E-state index in [4.69, 9.17) is 9.84 Å². The number of carboxylic acids is 1. The fourth-order valence-electron chi connectivity index (χ4n) is 1.56. The molecule has 0 spiro atoms. The maximum absolute atomic E-state index is 10.8. The van der Waals surface area contributed by atoms with Gasteiger partial charge in [-0.3, -0.25) is 10.1 Å². The summed E-state index contributed by atoms with van der Waals surface area (Å²) in [5.41, 5.74) is -0.810. The summed E-state index contributed by atoms with van der Waals surface area (Å²) in [5.74, 6) is -1.07. The van der Waals surface area contributed by atoms with Gasteiger partial charge in [-0.1, -0.05) is 12.1 Å². The lowest BCUT2D eigenvalue weighted by Gasteiger charge is -1.99. The Morgan fingerprint density at radius 1 is 1.62 bits per heavy atom. The van der Waals surface area contributed by atoms with Crippen molar-refractivity contribution in [2.75, 3.05) is 0 Å². The smallest absolute Gasteiger partial charge is 0.338 e. The Bertz CT molecular complexity index is 472. The number of aliphatic carboxylic acids is 1. The third kappa shape index (κ3) is 1.53. The van der Waals surface area contributed by atoms with Crippen LogP contribution in [0.25, 0.3) is 0 Å². The van der Waals surface area contributed by atoms with E-state index in [1.54, 1.807) is 6.07 Å². The number of nitrogens with zero attached hydrogens (tertiary/aromatic N) is 1. The molecule has 1 aromatic rings. The Morgan fingerprint density at radius 2 is 2.31 bits per heavy atom. The minimum atomic E-state index is -1.25. The number of carbonyl (C=O) groups is 1. The molecule has 0 bridgehead atoms.